The average molecular weight is 323 g/mol. The monoisotopic (exact) mass is 322 g/mol. The Morgan fingerprint density at radius 2 is 2.19 bits per heavy atom. The lowest BCUT2D eigenvalue weighted by atomic mass is 10.2. The second-order valence-corrected chi connectivity index (χ2v) is 5.58. The zero-order valence-corrected chi connectivity index (χ0v) is 12.0. The van der Waals surface area contributed by atoms with E-state index in [9.17, 15) is 9.18 Å². The van der Waals surface area contributed by atoms with Gasteiger partial charge in [0.15, 0.2) is 0 Å². The zero-order valence-electron chi connectivity index (χ0n) is 10.4. The van der Waals surface area contributed by atoms with Gasteiger partial charge in [-0.25, -0.2) is 4.39 Å². The summed E-state index contributed by atoms with van der Waals surface area (Å²) in [6, 6.07) is 5.40. The first-order chi connectivity index (χ1) is 10.1. The van der Waals surface area contributed by atoms with Crippen LogP contribution in [0.3, 0.4) is 0 Å². The van der Waals surface area contributed by atoms with Crippen LogP contribution in [0.5, 0.6) is 0 Å². The Morgan fingerprint density at radius 3 is 2.95 bits per heavy atom. The highest BCUT2D eigenvalue weighted by molar-refractivity contribution is 7.21. The van der Waals surface area contributed by atoms with Crippen LogP contribution in [0.1, 0.15) is 9.67 Å². The van der Waals surface area contributed by atoms with E-state index in [0.29, 0.717) is 15.9 Å². The maximum absolute atomic E-state index is 13.2. The fourth-order valence-corrected chi connectivity index (χ4v) is 2.91. The molecule has 0 unspecified atom stereocenters. The Bertz CT molecular complexity index is 851. The van der Waals surface area contributed by atoms with Crippen molar-refractivity contribution >= 4 is 50.4 Å². The summed E-state index contributed by atoms with van der Waals surface area (Å²) in [6.45, 7) is 0. The molecule has 5 nitrogen and oxygen atoms in total. The fraction of sp³-hybridized carbons (Fsp3) is 0. The van der Waals surface area contributed by atoms with Gasteiger partial charge >= 0.3 is 0 Å². The predicted molar refractivity (Wildman–Crippen MR) is 81.2 cm³/mol. The van der Waals surface area contributed by atoms with Crippen LogP contribution >= 0.6 is 22.9 Å². The van der Waals surface area contributed by atoms with Gasteiger partial charge in [0.25, 0.3) is 5.91 Å². The summed E-state index contributed by atoms with van der Waals surface area (Å²) in [5.41, 5.74) is 6.44. The number of benzene rings is 1. The topological polar surface area (TPSA) is 80.9 Å². The van der Waals surface area contributed by atoms with E-state index in [1.54, 1.807) is 6.07 Å². The molecule has 0 fully saturated rings. The van der Waals surface area contributed by atoms with E-state index in [0.717, 1.165) is 17.4 Å². The highest BCUT2D eigenvalue weighted by Gasteiger charge is 2.18. The van der Waals surface area contributed by atoms with Crippen LogP contribution in [0, 0.1) is 5.82 Å². The molecule has 0 spiro atoms. The van der Waals surface area contributed by atoms with Crippen LogP contribution in [0.4, 0.5) is 15.8 Å². The van der Waals surface area contributed by atoms with Gasteiger partial charge in [-0.1, -0.05) is 11.6 Å². The highest BCUT2D eigenvalue weighted by atomic mass is 35.5. The minimum absolute atomic E-state index is 0.185. The van der Waals surface area contributed by atoms with Crippen LogP contribution < -0.4 is 11.1 Å². The third-order valence-electron chi connectivity index (χ3n) is 2.80. The van der Waals surface area contributed by atoms with Crippen LogP contribution in [0.25, 0.3) is 10.2 Å². The number of fused-ring (bicyclic) bond motifs is 1. The molecule has 0 bridgehead atoms. The van der Waals surface area contributed by atoms with Crippen molar-refractivity contribution in [2.45, 2.75) is 0 Å². The van der Waals surface area contributed by atoms with E-state index in [1.807, 2.05) is 0 Å². The first kappa shape index (κ1) is 13.7. The van der Waals surface area contributed by atoms with Crippen molar-refractivity contribution in [2.75, 3.05) is 11.1 Å². The number of aromatic nitrogens is 2. The van der Waals surface area contributed by atoms with Gasteiger partial charge in [0.2, 0.25) is 0 Å². The molecule has 3 aromatic rings. The molecule has 0 saturated carbocycles. The molecule has 1 amide bonds. The maximum Gasteiger partial charge on any atom is 0.267 e. The van der Waals surface area contributed by atoms with Gasteiger partial charge in [-0.15, -0.1) is 16.4 Å². The number of rotatable bonds is 2. The van der Waals surface area contributed by atoms with Gasteiger partial charge in [-0.3, -0.25) is 4.79 Å². The average Bonchev–Trinajstić information content (AvgIpc) is 2.81. The lowest BCUT2D eigenvalue weighted by Gasteiger charge is -2.06. The third-order valence-corrected chi connectivity index (χ3v) is 4.24. The summed E-state index contributed by atoms with van der Waals surface area (Å²) in [4.78, 5) is 13.1. The molecule has 21 heavy (non-hydrogen) atoms. The zero-order chi connectivity index (χ0) is 15.0. The number of halogens is 2. The maximum atomic E-state index is 13.2. The van der Waals surface area contributed by atoms with Crippen molar-refractivity contribution in [2.24, 2.45) is 0 Å². The van der Waals surface area contributed by atoms with Crippen molar-refractivity contribution in [1.82, 2.24) is 10.2 Å². The molecule has 0 aliphatic carbocycles. The van der Waals surface area contributed by atoms with Crippen LogP contribution in [-0.2, 0) is 0 Å². The highest BCUT2D eigenvalue weighted by Crippen LogP contribution is 2.32. The number of hydrogen-bond acceptors (Lipinski definition) is 5. The standard InChI is InChI=1S/C13H8ClFN4OS/c14-8-2-1-6(15)5-9(8)18-12(20)11-10(16)7-3-4-17-19-13(7)21-11/h1-5H,16H2,(H,18,20). The van der Waals surface area contributed by atoms with Crippen molar-refractivity contribution in [3.05, 3.63) is 46.2 Å². The first-order valence-electron chi connectivity index (χ1n) is 5.82. The van der Waals surface area contributed by atoms with E-state index < -0.39 is 11.7 Å². The molecular formula is C13H8ClFN4OS. The predicted octanol–water partition coefficient (Wildman–Crippen LogP) is 3.32. The Hall–Kier alpha value is -2.25. The normalized spacial score (nSPS) is 10.8. The van der Waals surface area contributed by atoms with Gasteiger partial charge in [-0.05, 0) is 24.3 Å². The quantitative estimate of drug-likeness (QED) is 0.758. The Labute approximate surface area is 127 Å². The lowest BCUT2D eigenvalue weighted by molar-refractivity contribution is 0.103. The first-order valence-corrected chi connectivity index (χ1v) is 7.02. The Morgan fingerprint density at radius 1 is 1.38 bits per heavy atom. The van der Waals surface area contributed by atoms with E-state index in [2.05, 4.69) is 15.5 Å². The van der Waals surface area contributed by atoms with E-state index in [-0.39, 0.29) is 15.6 Å². The molecule has 1 aromatic carbocycles. The Kier molecular flexibility index (Phi) is 3.44. The van der Waals surface area contributed by atoms with E-state index in [1.165, 1.54) is 18.3 Å². The van der Waals surface area contributed by atoms with E-state index in [4.69, 9.17) is 17.3 Å². The van der Waals surface area contributed by atoms with Crippen molar-refractivity contribution in [3.63, 3.8) is 0 Å². The molecule has 3 N–H and O–H groups in total. The molecular weight excluding hydrogens is 315 g/mol. The number of nitrogens with zero attached hydrogens (tertiary/aromatic N) is 2. The number of carbonyl (C=O) groups is 1. The van der Waals surface area contributed by atoms with Gasteiger partial charge in [0, 0.05) is 5.39 Å². The fourth-order valence-electron chi connectivity index (χ4n) is 1.81. The van der Waals surface area contributed by atoms with Crippen LogP contribution in [-0.4, -0.2) is 16.1 Å². The van der Waals surface area contributed by atoms with Crippen LogP contribution in [0.2, 0.25) is 5.02 Å². The second-order valence-electron chi connectivity index (χ2n) is 4.17. The van der Waals surface area contributed by atoms with Gasteiger partial charge in [0.05, 0.1) is 22.6 Å². The molecule has 0 saturated heterocycles. The largest absolute Gasteiger partial charge is 0.397 e. The Balaban J connectivity index is 1.97. The number of carbonyl (C=O) groups excluding carboxylic acids is 1. The number of anilines is 2. The van der Waals surface area contributed by atoms with Crippen molar-refractivity contribution in [3.8, 4) is 0 Å². The number of nitrogens with one attached hydrogen (secondary N) is 1. The number of hydrogen-bond donors (Lipinski definition) is 2. The molecule has 3 rings (SSSR count). The molecule has 0 atom stereocenters. The molecule has 2 heterocycles. The summed E-state index contributed by atoms with van der Waals surface area (Å²) in [5.74, 6) is -0.965. The number of nitrogen functional groups attached to an aromatic ring is 1. The van der Waals surface area contributed by atoms with Gasteiger partial charge in [0.1, 0.15) is 15.5 Å². The summed E-state index contributed by atoms with van der Waals surface area (Å²) < 4.78 is 13.2. The molecule has 0 aliphatic heterocycles. The lowest BCUT2D eigenvalue weighted by Crippen LogP contribution is -2.12. The number of amides is 1. The third kappa shape index (κ3) is 2.53. The van der Waals surface area contributed by atoms with Crippen molar-refractivity contribution in [1.29, 1.82) is 0 Å². The van der Waals surface area contributed by atoms with Gasteiger partial charge < -0.3 is 11.1 Å². The molecule has 106 valence electrons. The van der Waals surface area contributed by atoms with Crippen molar-refractivity contribution < 1.29 is 9.18 Å². The number of thiophene rings is 1. The van der Waals surface area contributed by atoms with E-state index >= 15 is 0 Å². The summed E-state index contributed by atoms with van der Waals surface area (Å²) in [6.07, 6.45) is 1.50. The van der Waals surface area contributed by atoms with Crippen LogP contribution in [0.15, 0.2) is 30.5 Å². The molecule has 0 aliphatic rings. The second kappa shape index (κ2) is 5.27. The molecule has 0 radical (unpaired) electrons. The molecule has 2 aromatic heterocycles. The summed E-state index contributed by atoms with van der Waals surface area (Å²) >= 11 is 7.03. The smallest absolute Gasteiger partial charge is 0.267 e. The minimum Gasteiger partial charge on any atom is -0.397 e. The molecule has 8 heteroatoms. The summed E-state index contributed by atoms with van der Waals surface area (Å²) in [7, 11) is 0. The summed E-state index contributed by atoms with van der Waals surface area (Å²) in [5, 5.41) is 11.1. The van der Waals surface area contributed by atoms with Gasteiger partial charge in [-0.2, -0.15) is 5.10 Å². The minimum atomic E-state index is -0.495. The number of nitrogens with two attached hydrogens (primary N) is 1. The SMILES string of the molecule is Nc1c(C(=O)Nc2cc(F)ccc2Cl)sc2nnccc12.